The molecule has 1 aromatic carbocycles. The number of rotatable bonds is 7. The van der Waals surface area contributed by atoms with E-state index in [1.54, 1.807) is 6.33 Å². The maximum absolute atomic E-state index is 4.70. The summed E-state index contributed by atoms with van der Waals surface area (Å²) in [6.45, 7) is 12.4. The van der Waals surface area contributed by atoms with Gasteiger partial charge < -0.3 is 10.6 Å². The molecule has 1 unspecified atom stereocenters. The largest absolute Gasteiger partial charge is 0.357 e. The van der Waals surface area contributed by atoms with Gasteiger partial charge in [-0.3, -0.25) is 4.57 Å². The van der Waals surface area contributed by atoms with Crippen molar-refractivity contribution in [2.24, 2.45) is 10.4 Å². The molecule has 1 atom stereocenters. The van der Waals surface area contributed by atoms with Gasteiger partial charge in [-0.1, -0.05) is 39.0 Å². The molecule has 0 saturated heterocycles. The second kappa shape index (κ2) is 9.36. The van der Waals surface area contributed by atoms with Crippen LogP contribution < -0.4 is 10.6 Å². The van der Waals surface area contributed by atoms with Crippen LogP contribution in [0.25, 0.3) is 5.69 Å². The molecule has 0 saturated carbocycles. The number of hydrogen-bond acceptors (Lipinski definition) is 3. The van der Waals surface area contributed by atoms with Crippen LogP contribution in [0, 0.1) is 5.41 Å². The Balaban J connectivity index is 2.02. The van der Waals surface area contributed by atoms with Crippen molar-refractivity contribution >= 4 is 5.96 Å². The van der Waals surface area contributed by atoms with Crippen LogP contribution in [0.5, 0.6) is 0 Å². The SMILES string of the molecule is CCNC(=NCc1nncn1-c1ccccc1)NC(C)CCC(C)(C)C. The molecule has 0 fully saturated rings. The van der Waals surface area contributed by atoms with E-state index in [9.17, 15) is 0 Å². The highest BCUT2D eigenvalue weighted by Gasteiger charge is 2.13. The number of aromatic nitrogens is 3. The van der Waals surface area contributed by atoms with Gasteiger partial charge in [-0.25, -0.2) is 4.99 Å². The molecular formula is C20H32N6. The summed E-state index contributed by atoms with van der Waals surface area (Å²) in [5.74, 6) is 1.63. The quantitative estimate of drug-likeness (QED) is 0.588. The second-order valence-corrected chi connectivity index (χ2v) is 7.79. The number of nitrogens with one attached hydrogen (secondary N) is 2. The average molecular weight is 357 g/mol. The van der Waals surface area contributed by atoms with Crippen molar-refractivity contribution in [1.29, 1.82) is 0 Å². The summed E-state index contributed by atoms with van der Waals surface area (Å²) in [5, 5.41) is 15.1. The van der Waals surface area contributed by atoms with Crippen molar-refractivity contribution in [1.82, 2.24) is 25.4 Å². The third-order valence-corrected chi connectivity index (χ3v) is 4.09. The molecule has 0 amide bonds. The lowest BCUT2D eigenvalue weighted by atomic mass is 9.89. The highest BCUT2D eigenvalue weighted by atomic mass is 15.3. The first-order valence-electron chi connectivity index (χ1n) is 9.38. The molecule has 0 aliphatic rings. The number of aliphatic imine (C=N–C) groups is 1. The lowest BCUT2D eigenvalue weighted by molar-refractivity contribution is 0.346. The Morgan fingerprint density at radius 3 is 2.62 bits per heavy atom. The Hall–Kier alpha value is -2.37. The summed E-state index contributed by atoms with van der Waals surface area (Å²) in [4.78, 5) is 4.70. The van der Waals surface area contributed by atoms with Crippen LogP contribution in [-0.4, -0.2) is 33.3 Å². The minimum absolute atomic E-state index is 0.345. The summed E-state index contributed by atoms with van der Waals surface area (Å²) >= 11 is 0. The van der Waals surface area contributed by atoms with Crippen molar-refractivity contribution in [3.05, 3.63) is 42.5 Å². The second-order valence-electron chi connectivity index (χ2n) is 7.79. The van der Waals surface area contributed by atoms with Gasteiger partial charge in [0.05, 0.1) is 0 Å². The first kappa shape index (κ1) is 19.9. The van der Waals surface area contributed by atoms with Gasteiger partial charge in [-0.15, -0.1) is 10.2 Å². The van der Waals surface area contributed by atoms with Crippen molar-refractivity contribution in [2.45, 2.75) is 60.0 Å². The maximum atomic E-state index is 4.70. The summed E-state index contributed by atoms with van der Waals surface area (Å²) in [7, 11) is 0. The summed E-state index contributed by atoms with van der Waals surface area (Å²) in [5.41, 5.74) is 1.39. The molecule has 0 aliphatic carbocycles. The molecule has 6 nitrogen and oxygen atoms in total. The van der Waals surface area contributed by atoms with E-state index in [0.29, 0.717) is 18.0 Å². The predicted octanol–water partition coefficient (Wildman–Crippen LogP) is 3.54. The molecule has 6 heteroatoms. The van der Waals surface area contributed by atoms with E-state index in [0.717, 1.165) is 30.4 Å². The molecular weight excluding hydrogens is 324 g/mol. The van der Waals surface area contributed by atoms with Gasteiger partial charge in [-0.2, -0.15) is 0 Å². The first-order chi connectivity index (χ1) is 12.4. The summed E-state index contributed by atoms with van der Waals surface area (Å²) < 4.78 is 1.97. The van der Waals surface area contributed by atoms with Crippen LogP contribution in [0.1, 0.15) is 53.3 Å². The van der Waals surface area contributed by atoms with Crippen molar-refractivity contribution in [3.63, 3.8) is 0 Å². The van der Waals surface area contributed by atoms with Gasteiger partial charge in [0.15, 0.2) is 11.8 Å². The lowest BCUT2D eigenvalue weighted by Crippen LogP contribution is -2.42. The van der Waals surface area contributed by atoms with E-state index in [1.165, 1.54) is 6.42 Å². The van der Waals surface area contributed by atoms with Gasteiger partial charge in [-0.05, 0) is 44.2 Å². The van der Waals surface area contributed by atoms with Crippen LogP contribution in [0.4, 0.5) is 0 Å². The molecule has 2 aromatic rings. The normalized spacial score (nSPS) is 13.5. The zero-order valence-electron chi connectivity index (χ0n) is 16.7. The number of para-hydroxylation sites is 1. The smallest absolute Gasteiger partial charge is 0.191 e. The fourth-order valence-corrected chi connectivity index (χ4v) is 2.60. The molecule has 0 spiro atoms. The molecule has 0 bridgehead atoms. The van der Waals surface area contributed by atoms with E-state index in [1.807, 2.05) is 34.9 Å². The van der Waals surface area contributed by atoms with Gasteiger partial charge in [0.25, 0.3) is 0 Å². The first-order valence-corrected chi connectivity index (χ1v) is 9.38. The third-order valence-electron chi connectivity index (χ3n) is 4.09. The molecule has 0 aliphatic heterocycles. The average Bonchev–Trinajstić information content (AvgIpc) is 3.07. The van der Waals surface area contributed by atoms with Crippen LogP contribution in [0.2, 0.25) is 0 Å². The zero-order valence-corrected chi connectivity index (χ0v) is 16.7. The Morgan fingerprint density at radius 1 is 1.23 bits per heavy atom. The Labute approximate surface area is 157 Å². The number of nitrogens with zero attached hydrogens (tertiary/aromatic N) is 4. The Kier molecular flexibility index (Phi) is 7.18. The Morgan fingerprint density at radius 2 is 1.96 bits per heavy atom. The maximum Gasteiger partial charge on any atom is 0.191 e. The van der Waals surface area contributed by atoms with Gasteiger partial charge in [0.2, 0.25) is 0 Å². The summed E-state index contributed by atoms with van der Waals surface area (Å²) in [6.07, 6.45) is 4.00. The van der Waals surface area contributed by atoms with E-state index in [2.05, 4.69) is 55.4 Å². The molecule has 1 heterocycles. The van der Waals surface area contributed by atoms with E-state index >= 15 is 0 Å². The van der Waals surface area contributed by atoms with Crippen LogP contribution in [0.3, 0.4) is 0 Å². The number of hydrogen-bond donors (Lipinski definition) is 2. The zero-order chi connectivity index (χ0) is 19.0. The molecule has 1 aromatic heterocycles. The monoisotopic (exact) mass is 356 g/mol. The minimum Gasteiger partial charge on any atom is -0.357 e. The highest BCUT2D eigenvalue weighted by Crippen LogP contribution is 2.21. The van der Waals surface area contributed by atoms with Gasteiger partial charge in [0.1, 0.15) is 12.9 Å². The fourth-order valence-electron chi connectivity index (χ4n) is 2.60. The van der Waals surface area contributed by atoms with Crippen molar-refractivity contribution < 1.29 is 0 Å². The third kappa shape index (κ3) is 6.50. The van der Waals surface area contributed by atoms with Gasteiger partial charge in [0, 0.05) is 18.3 Å². The number of benzene rings is 1. The molecule has 142 valence electrons. The van der Waals surface area contributed by atoms with Crippen molar-refractivity contribution in [2.75, 3.05) is 6.54 Å². The Bertz CT molecular complexity index is 684. The van der Waals surface area contributed by atoms with E-state index < -0.39 is 0 Å². The van der Waals surface area contributed by atoms with Crippen LogP contribution >= 0.6 is 0 Å². The fraction of sp³-hybridized carbons (Fsp3) is 0.550. The standard InChI is InChI=1S/C20H32N6/c1-6-21-19(24-16(2)12-13-20(3,4)5)22-14-18-25-23-15-26(18)17-10-8-7-9-11-17/h7-11,15-16H,6,12-14H2,1-5H3,(H2,21,22,24). The predicted molar refractivity (Wildman–Crippen MR) is 107 cm³/mol. The molecule has 2 N–H and O–H groups in total. The molecule has 2 rings (SSSR count). The van der Waals surface area contributed by atoms with Crippen LogP contribution in [-0.2, 0) is 6.54 Å². The van der Waals surface area contributed by atoms with Crippen LogP contribution in [0.15, 0.2) is 41.7 Å². The van der Waals surface area contributed by atoms with E-state index in [4.69, 9.17) is 4.99 Å². The van der Waals surface area contributed by atoms with Crippen molar-refractivity contribution in [3.8, 4) is 5.69 Å². The lowest BCUT2D eigenvalue weighted by Gasteiger charge is -2.23. The van der Waals surface area contributed by atoms with Gasteiger partial charge >= 0.3 is 0 Å². The van der Waals surface area contributed by atoms with E-state index in [-0.39, 0.29) is 0 Å². The minimum atomic E-state index is 0.345. The summed E-state index contributed by atoms with van der Waals surface area (Å²) in [6, 6.07) is 10.4. The highest BCUT2D eigenvalue weighted by molar-refractivity contribution is 5.79. The molecule has 0 radical (unpaired) electrons. The number of guanidine groups is 1. The topological polar surface area (TPSA) is 67.1 Å². The molecule has 26 heavy (non-hydrogen) atoms.